The second-order valence-electron chi connectivity index (χ2n) is 8.61. The number of halogens is 3. The lowest BCUT2D eigenvalue weighted by Crippen LogP contribution is -2.44. The highest BCUT2D eigenvalue weighted by atomic mass is 19.3. The molecular weight excluding hydrogens is 431 g/mol. The molecule has 2 saturated heterocycles. The number of carboxylic acids is 1. The number of anilines is 1. The molecule has 3 N–H and O–H groups in total. The summed E-state index contributed by atoms with van der Waals surface area (Å²) in [4.78, 5) is 25.9. The number of benzene rings is 1. The molecule has 3 aliphatic rings. The first kappa shape index (κ1) is 21.1. The summed E-state index contributed by atoms with van der Waals surface area (Å²) < 4.78 is 54.5. The number of rotatable bonds is 6. The Hall–Kier alpha value is -2.79. The molecule has 1 aromatic carbocycles. The molecule has 1 aromatic heterocycles. The van der Waals surface area contributed by atoms with Gasteiger partial charge in [-0.15, -0.1) is 0 Å². The van der Waals surface area contributed by atoms with E-state index in [4.69, 9.17) is 15.2 Å². The Morgan fingerprint density at radius 3 is 2.72 bits per heavy atom. The van der Waals surface area contributed by atoms with Gasteiger partial charge in [-0.05, 0) is 25.3 Å². The summed E-state index contributed by atoms with van der Waals surface area (Å²) in [5.41, 5.74) is 3.51. The van der Waals surface area contributed by atoms with Crippen molar-refractivity contribution in [1.29, 1.82) is 0 Å². The minimum Gasteiger partial charge on any atom is -0.477 e. The fourth-order valence-corrected chi connectivity index (χ4v) is 5.06. The smallest absolute Gasteiger partial charge is 0.387 e. The van der Waals surface area contributed by atoms with Crippen molar-refractivity contribution < 1.29 is 32.5 Å². The maximum absolute atomic E-state index is 15.4. The van der Waals surface area contributed by atoms with Crippen LogP contribution in [0.2, 0.25) is 0 Å². The molecule has 172 valence electrons. The minimum atomic E-state index is -3.28. The molecule has 5 rings (SSSR count). The summed E-state index contributed by atoms with van der Waals surface area (Å²) in [5.74, 6) is -2.88. The van der Waals surface area contributed by atoms with Gasteiger partial charge in [0.1, 0.15) is 16.9 Å². The summed E-state index contributed by atoms with van der Waals surface area (Å²) in [7, 11) is 0. The minimum absolute atomic E-state index is 0.00186. The largest absolute Gasteiger partial charge is 0.477 e. The lowest BCUT2D eigenvalue weighted by molar-refractivity contribution is -0.0488. The quantitative estimate of drug-likeness (QED) is 0.691. The van der Waals surface area contributed by atoms with Gasteiger partial charge in [-0.2, -0.15) is 8.78 Å². The Morgan fingerprint density at radius 1 is 1.38 bits per heavy atom. The average molecular weight is 453 g/mol. The Labute approximate surface area is 180 Å². The van der Waals surface area contributed by atoms with Crippen LogP contribution < -0.4 is 20.8 Å². The van der Waals surface area contributed by atoms with Crippen LogP contribution in [0.15, 0.2) is 17.1 Å². The van der Waals surface area contributed by atoms with Crippen LogP contribution >= 0.6 is 0 Å². The van der Waals surface area contributed by atoms with Crippen molar-refractivity contribution in [3.63, 3.8) is 0 Å². The zero-order valence-corrected chi connectivity index (χ0v) is 17.0. The Morgan fingerprint density at radius 2 is 2.12 bits per heavy atom. The van der Waals surface area contributed by atoms with Gasteiger partial charge in [0.25, 0.3) is 0 Å². The van der Waals surface area contributed by atoms with E-state index < -0.39 is 40.7 Å². The van der Waals surface area contributed by atoms with Crippen LogP contribution in [0.3, 0.4) is 0 Å². The van der Waals surface area contributed by atoms with E-state index in [2.05, 4.69) is 0 Å². The van der Waals surface area contributed by atoms with E-state index >= 15 is 4.39 Å². The first-order valence-corrected chi connectivity index (χ1v) is 10.4. The van der Waals surface area contributed by atoms with E-state index in [1.807, 2.05) is 0 Å². The van der Waals surface area contributed by atoms with Gasteiger partial charge >= 0.3 is 12.6 Å². The fourth-order valence-electron chi connectivity index (χ4n) is 5.06. The van der Waals surface area contributed by atoms with Gasteiger partial charge in [0.2, 0.25) is 5.43 Å². The molecule has 2 atom stereocenters. The number of hydrogen-bond donors (Lipinski definition) is 2. The molecule has 2 unspecified atom stereocenters. The normalized spacial score (nSPS) is 25.0. The molecule has 0 radical (unpaired) electrons. The Kier molecular flexibility index (Phi) is 4.86. The van der Waals surface area contributed by atoms with E-state index in [-0.39, 0.29) is 41.6 Å². The van der Waals surface area contributed by atoms with Crippen LogP contribution in [0.5, 0.6) is 5.75 Å². The summed E-state index contributed by atoms with van der Waals surface area (Å²) >= 11 is 0. The first-order chi connectivity index (χ1) is 15.3. The third-order valence-electron chi connectivity index (χ3n) is 6.74. The SMILES string of the molecule is NCC12CN(c3c(F)cc4c(=O)c(C(=O)O)cn(C5CC5)c4c3OC(F)F)CC1CCO2. The lowest BCUT2D eigenvalue weighted by Gasteiger charge is -2.28. The molecule has 1 saturated carbocycles. The van der Waals surface area contributed by atoms with Gasteiger partial charge < -0.3 is 29.8 Å². The standard InChI is InChI=1S/C21H22F3N3O5/c22-14-5-12-15(27(11-1-2-11)7-13(17(12)28)19(29)30)18(32-20(23)24)16(14)26-6-10-3-4-31-21(10,8-25)9-26/h5,7,10-11,20H,1-4,6,8-9,25H2,(H,29,30). The number of nitrogens with zero attached hydrogens (tertiary/aromatic N) is 2. The molecule has 0 bridgehead atoms. The van der Waals surface area contributed by atoms with Crippen LogP contribution in [0.25, 0.3) is 10.9 Å². The summed E-state index contributed by atoms with van der Waals surface area (Å²) in [6.45, 7) is -2.03. The van der Waals surface area contributed by atoms with Gasteiger partial charge in [0.05, 0.1) is 10.9 Å². The van der Waals surface area contributed by atoms with Crippen molar-refractivity contribution in [2.75, 3.05) is 31.1 Å². The number of nitrogens with two attached hydrogens (primary N) is 1. The second kappa shape index (κ2) is 7.38. The monoisotopic (exact) mass is 453 g/mol. The van der Waals surface area contributed by atoms with E-state index in [1.165, 1.54) is 4.57 Å². The number of aromatic nitrogens is 1. The Balaban J connectivity index is 1.76. The van der Waals surface area contributed by atoms with Crippen molar-refractivity contribution in [1.82, 2.24) is 4.57 Å². The molecule has 2 aliphatic heterocycles. The van der Waals surface area contributed by atoms with Crippen LogP contribution in [0.4, 0.5) is 18.9 Å². The maximum Gasteiger partial charge on any atom is 0.387 e. The number of alkyl halides is 2. The molecule has 32 heavy (non-hydrogen) atoms. The van der Waals surface area contributed by atoms with E-state index in [0.29, 0.717) is 32.4 Å². The molecule has 0 amide bonds. The lowest BCUT2D eigenvalue weighted by atomic mass is 9.91. The van der Waals surface area contributed by atoms with Crippen molar-refractivity contribution in [3.8, 4) is 5.75 Å². The molecule has 0 spiro atoms. The van der Waals surface area contributed by atoms with E-state index in [1.54, 1.807) is 4.90 Å². The van der Waals surface area contributed by atoms with E-state index in [9.17, 15) is 23.5 Å². The number of pyridine rings is 1. The van der Waals surface area contributed by atoms with Gasteiger partial charge in [-0.25, -0.2) is 9.18 Å². The number of hydrogen-bond acceptors (Lipinski definition) is 6. The van der Waals surface area contributed by atoms with Gasteiger partial charge in [0.15, 0.2) is 11.6 Å². The van der Waals surface area contributed by atoms with Gasteiger partial charge in [-0.3, -0.25) is 4.79 Å². The van der Waals surface area contributed by atoms with Crippen LogP contribution in [-0.4, -0.2) is 54.1 Å². The van der Waals surface area contributed by atoms with E-state index in [0.717, 1.165) is 12.3 Å². The van der Waals surface area contributed by atoms with Crippen LogP contribution in [0, 0.1) is 11.7 Å². The summed E-state index contributed by atoms with van der Waals surface area (Å²) in [6.07, 6.45) is 3.19. The molecule has 3 heterocycles. The topological polar surface area (TPSA) is 107 Å². The molecule has 11 heteroatoms. The second-order valence-corrected chi connectivity index (χ2v) is 8.61. The fraction of sp³-hybridized carbons (Fsp3) is 0.524. The third kappa shape index (κ3) is 3.14. The van der Waals surface area contributed by atoms with Crippen molar-refractivity contribution in [2.45, 2.75) is 37.5 Å². The van der Waals surface area contributed by atoms with Gasteiger partial charge in [0, 0.05) is 44.4 Å². The Bertz CT molecular complexity index is 1170. The number of aromatic carboxylic acids is 1. The summed E-state index contributed by atoms with van der Waals surface area (Å²) in [5, 5.41) is 9.11. The highest BCUT2D eigenvalue weighted by molar-refractivity contribution is 5.97. The highest BCUT2D eigenvalue weighted by Gasteiger charge is 2.51. The maximum atomic E-state index is 15.4. The molecule has 3 fully saturated rings. The molecule has 8 nitrogen and oxygen atoms in total. The van der Waals surface area contributed by atoms with Crippen molar-refractivity contribution in [2.24, 2.45) is 11.7 Å². The van der Waals surface area contributed by atoms with Crippen LogP contribution in [-0.2, 0) is 4.74 Å². The highest BCUT2D eigenvalue weighted by Crippen LogP contribution is 2.48. The molecule has 2 aromatic rings. The van der Waals surface area contributed by atoms with Crippen molar-refractivity contribution >= 4 is 22.6 Å². The first-order valence-electron chi connectivity index (χ1n) is 10.4. The third-order valence-corrected chi connectivity index (χ3v) is 6.74. The summed E-state index contributed by atoms with van der Waals surface area (Å²) in [6, 6.07) is 0.729. The molecule has 1 aliphatic carbocycles. The predicted octanol–water partition coefficient (Wildman–Crippen LogP) is 2.33. The van der Waals surface area contributed by atoms with Gasteiger partial charge in [-0.1, -0.05) is 0 Å². The molecular formula is C21H22F3N3O5. The predicted molar refractivity (Wildman–Crippen MR) is 108 cm³/mol. The zero-order valence-electron chi connectivity index (χ0n) is 17.0. The zero-order chi connectivity index (χ0) is 22.8. The number of carboxylic acid groups (broad SMARTS) is 1. The average Bonchev–Trinajstić information content (AvgIpc) is 3.40. The number of fused-ring (bicyclic) bond motifs is 2. The van der Waals surface area contributed by atoms with Crippen LogP contribution in [0.1, 0.15) is 35.7 Å². The number of ether oxygens (including phenoxy) is 2. The number of carbonyl (C=O) groups is 1. The van der Waals surface area contributed by atoms with Crippen molar-refractivity contribution in [3.05, 3.63) is 33.9 Å².